The van der Waals surface area contributed by atoms with Gasteiger partial charge in [0.2, 0.25) is 0 Å². The van der Waals surface area contributed by atoms with Crippen LogP contribution in [0, 0.1) is 6.92 Å². The number of benzene rings is 1. The van der Waals surface area contributed by atoms with Gasteiger partial charge in [-0.1, -0.05) is 36.0 Å². The maximum atomic E-state index is 12.8. The standard InChI is InChI=1S/C21H16N4O2S/c1-13-19(15-6-2-3-7-16(15)24-13)20(26)21(27)25-14-9-11-23-18(12-14)28-17-8-4-5-10-22-17/h2-12,24H,1H3,(H,23,25,27). The van der Waals surface area contributed by atoms with Crippen LogP contribution in [0.3, 0.4) is 0 Å². The van der Waals surface area contributed by atoms with Gasteiger partial charge in [0.1, 0.15) is 10.1 Å². The average molecular weight is 388 g/mol. The molecule has 3 heterocycles. The number of amides is 1. The number of aryl methyl sites for hydroxylation is 1. The van der Waals surface area contributed by atoms with E-state index in [1.807, 2.05) is 42.5 Å². The first kappa shape index (κ1) is 17.9. The van der Waals surface area contributed by atoms with Gasteiger partial charge < -0.3 is 10.3 Å². The van der Waals surface area contributed by atoms with Crippen molar-refractivity contribution < 1.29 is 9.59 Å². The second-order valence-corrected chi connectivity index (χ2v) is 7.15. The molecule has 2 N–H and O–H groups in total. The molecule has 0 saturated carbocycles. The van der Waals surface area contributed by atoms with Crippen molar-refractivity contribution in [1.82, 2.24) is 15.0 Å². The van der Waals surface area contributed by atoms with E-state index in [-0.39, 0.29) is 0 Å². The van der Waals surface area contributed by atoms with Crippen molar-refractivity contribution in [2.45, 2.75) is 17.0 Å². The van der Waals surface area contributed by atoms with Crippen LogP contribution in [0.15, 0.2) is 77.0 Å². The van der Waals surface area contributed by atoms with Gasteiger partial charge in [0.25, 0.3) is 11.7 Å². The fourth-order valence-corrected chi connectivity index (χ4v) is 3.70. The quantitative estimate of drug-likeness (QED) is 0.394. The fourth-order valence-electron chi connectivity index (χ4n) is 2.93. The molecular formula is C21H16N4O2S. The van der Waals surface area contributed by atoms with Crippen molar-refractivity contribution in [3.05, 3.63) is 78.2 Å². The number of para-hydroxylation sites is 1. The molecule has 0 unspecified atom stereocenters. The van der Waals surface area contributed by atoms with Gasteiger partial charge in [-0.25, -0.2) is 9.97 Å². The van der Waals surface area contributed by atoms with Crippen LogP contribution >= 0.6 is 11.8 Å². The molecule has 0 aliphatic heterocycles. The zero-order valence-electron chi connectivity index (χ0n) is 15.0. The first-order valence-electron chi connectivity index (χ1n) is 8.60. The Hall–Kier alpha value is -3.45. The highest BCUT2D eigenvalue weighted by molar-refractivity contribution is 7.99. The monoisotopic (exact) mass is 388 g/mol. The Morgan fingerprint density at radius 3 is 2.57 bits per heavy atom. The van der Waals surface area contributed by atoms with Crippen LogP contribution in [0.25, 0.3) is 10.9 Å². The minimum Gasteiger partial charge on any atom is -0.358 e. The zero-order valence-corrected chi connectivity index (χ0v) is 15.8. The van der Waals surface area contributed by atoms with E-state index >= 15 is 0 Å². The Morgan fingerprint density at radius 1 is 0.964 bits per heavy atom. The van der Waals surface area contributed by atoms with E-state index in [9.17, 15) is 9.59 Å². The highest BCUT2D eigenvalue weighted by Crippen LogP contribution is 2.26. The number of hydrogen-bond acceptors (Lipinski definition) is 5. The molecule has 0 aliphatic carbocycles. The highest BCUT2D eigenvalue weighted by atomic mass is 32.2. The minimum absolute atomic E-state index is 0.394. The van der Waals surface area contributed by atoms with Crippen LogP contribution in [0.4, 0.5) is 5.69 Å². The molecule has 0 bridgehead atoms. The number of aromatic nitrogens is 3. The van der Waals surface area contributed by atoms with Crippen LogP contribution in [-0.4, -0.2) is 26.6 Å². The predicted octanol–water partition coefficient (Wildman–Crippen LogP) is 4.24. The molecule has 1 amide bonds. The number of carbonyl (C=O) groups is 2. The lowest BCUT2D eigenvalue weighted by Gasteiger charge is -2.06. The van der Waals surface area contributed by atoms with Crippen LogP contribution in [-0.2, 0) is 4.79 Å². The summed E-state index contributed by atoms with van der Waals surface area (Å²) in [6.45, 7) is 1.79. The van der Waals surface area contributed by atoms with Gasteiger partial charge in [0.15, 0.2) is 0 Å². The maximum Gasteiger partial charge on any atom is 0.296 e. The van der Waals surface area contributed by atoms with E-state index in [4.69, 9.17) is 0 Å². The van der Waals surface area contributed by atoms with Crippen molar-refractivity contribution in [2.24, 2.45) is 0 Å². The summed E-state index contributed by atoms with van der Waals surface area (Å²) in [5, 5.41) is 4.88. The summed E-state index contributed by atoms with van der Waals surface area (Å²) < 4.78 is 0. The van der Waals surface area contributed by atoms with E-state index < -0.39 is 11.7 Å². The van der Waals surface area contributed by atoms with E-state index in [0.717, 1.165) is 15.9 Å². The van der Waals surface area contributed by atoms with E-state index in [2.05, 4.69) is 20.3 Å². The summed E-state index contributed by atoms with van der Waals surface area (Å²) in [4.78, 5) is 37.0. The molecule has 28 heavy (non-hydrogen) atoms. The molecule has 4 rings (SSSR count). The number of ketones is 1. The van der Waals surface area contributed by atoms with Crippen LogP contribution < -0.4 is 5.32 Å². The molecule has 138 valence electrons. The SMILES string of the molecule is Cc1[nH]c2ccccc2c1C(=O)C(=O)Nc1ccnc(Sc2ccccn2)c1. The van der Waals surface area contributed by atoms with E-state index in [1.165, 1.54) is 11.8 Å². The van der Waals surface area contributed by atoms with Crippen LogP contribution in [0.1, 0.15) is 16.1 Å². The number of nitrogens with one attached hydrogen (secondary N) is 2. The van der Waals surface area contributed by atoms with Crippen LogP contribution in [0.2, 0.25) is 0 Å². The largest absolute Gasteiger partial charge is 0.358 e. The fraction of sp³-hybridized carbons (Fsp3) is 0.0476. The summed E-state index contributed by atoms with van der Waals surface area (Å²) in [5.41, 5.74) is 2.39. The topological polar surface area (TPSA) is 87.7 Å². The number of aromatic amines is 1. The van der Waals surface area contributed by atoms with Gasteiger partial charge in [0, 0.05) is 34.7 Å². The number of pyridine rings is 2. The van der Waals surface area contributed by atoms with E-state index in [1.54, 1.807) is 31.5 Å². The molecule has 0 fully saturated rings. The van der Waals surface area contributed by atoms with Gasteiger partial charge in [-0.05, 0) is 37.3 Å². The van der Waals surface area contributed by atoms with Gasteiger partial charge >= 0.3 is 0 Å². The third kappa shape index (κ3) is 3.65. The highest BCUT2D eigenvalue weighted by Gasteiger charge is 2.22. The number of Topliss-reactive ketones (excluding diaryl/α,β-unsaturated/α-hetero) is 1. The number of fused-ring (bicyclic) bond motifs is 1. The van der Waals surface area contributed by atoms with Crippen molar-refractivity contribution >= 4 is 40.0 Å². The van der Waals surface area contributed by atoms with Crippen molar-refractivity contribution in [3.63, 3.8) is 0 Å². The third-order valence-electron chi connectivity index (χ3n) is 4.17. The number of rotatable bonds is 5. The Labute approximate surface area is 165 Å². The molecule has 0 atom stereocenters. The van der Waals surface area contributed by atoms with Gasteiger partial charge in [-0.2, -0.15) is 0 Å². The second kappa shape index (κ2) is 7.66. The Morgan fingerprint density at radius 2 is 1.75 bits per heavy atom. The van der Waals surface area contributed by atoms with E-state index in [0.29, 0.717) is 22.0 Å². The zero-order chi connectivity index (χ0) is 19.5. The lowest BCUT2D eigenvalue weighted by atomic mass is 10.1. The van der Waals surface area contributed by atoms with Gasteiger partial charge in [0.05, 0.1) is 5.56 Å². The second-order valence-electron chi connectivity index (χ2n) is 6.11. The smallest absolute Gasteiger partial charge is 0.296 e. The lowest BCUT2D eigenvalue weighted by molar-refractivity contribution is -0.112. The molecular weight excluding hydrogens is 372 g/mol. The van der Waals surface area contributed by atoms with Gasteiger partial charge in [-0.15, -0.1) is 0 Å². The lowest BCUT2D eigenvalue weighted by Crippen LogP contribution is -2.23. The van der Waals surface area contributed by atoms with Gasteiger partial charge in [-0.3, -0.25) is 9.59 Å². The maximum absolute atomic E-state index is 12.8. The molecule has 0 radical (unpaired) electrons. The molecule has 0 saturated heterocycles. The summed E-state index contributed by atoms with van der Waals surface area (Å²) in [6.07, 6.45) is 3.29. The number of anilines is 1. The molecule has 1 aromatic carbocycles. The molecule has 0 spiro atoms. The van der Waals surface area contributed by atoms with Crippen molar-refractivity contribution in [3.8, 4) is 0 Å². The number of nitrogens with zero attached hydrogens (tertiary/aromatic N) is 2. The summed E-state index contributed by atoms with van der Waals surface area (Å²) in [7, 11) is 0. The summed E-state index contributed by atoms with van der Waals surface area (Å²) in [6, 6.07) is 16.4. The Kier molecular flexibility index (Phi) is 4.90. The number of H-pyrrole nitrogens is 1. The molecule has 6 nitrogen and oxygen atoms in total. The Balaban J connectivity index is 1.54. The number of hydrogen-bond donors (Lipinski definition) is 2. The number of carbonyl (C=O) groups excluding carboxylic acids is 2. The molecule has 3 aromatic heterocycles. The Bertz CT molecular complexity index is 1170. The van der Waals surface area contributed by atoms with Crippen molar-refractivity contribution in [1.29, 1.82) is 0 Å². The average Bonchev–Trinajstić information content (AvgIpc) is 3.04. The summed E-state index contributed by atoms with van der Waals surface area (Å²) >= 11 is 1.38. The van der Waals surface area contributed by atoms with Crippen LogP contribution in [0.5, 0.6) is 0 Å². The minimum atomic E-state index is -0.687. The van der Waals surface area contributed by atoms with Crippen molar-refractivity contribution in [2.75, 3.05) is 5.32 Å². The third-order valence-corrected chi connectivity index (χ3v) is 5.05. The first-order valence-corrected chi connectivity index (χ1v) is 9.41. The summed E-state index contributed by atoms with van der Waals surface area (Å²) in [5.74, 6) is -1.27. The molecule has 7 heteroatoms. The normalized spacial score (nSPS) is 10.8. The molecule has 4 aromatic rings. The first-order chi connectivity index (χ1) is 13.6. The predicted molar refractivity (Wildman–Crippen MR) is 109 cm³/mol. The molecule has 0 aliphatic rings.